The van der Waals surface area contributed by atoms with Crippen LogP contribution in [0.3, 0.4) is 0 Å². The maximum absolute atomic E-state index is 12.2. The minimum absolute atomic E-state index is 0.144. The number of esters is 2. The molecule has 0 aromatic carbocycles. The van der Waals surface area contributed by atoms with Crippen LogP contribution in [0.2, 0.25) is 0 Å². The Hall–Kier alpha value is -1.24. The zero-order chi connectivity index (χ0) is 24.7. The lowest BCUT2D eigenvalue weighted by molar-refractivity contribution is -0.159. The molecule has 0 amide bonds. The van der Waals surface area contributed by atoms with E-state index in [0.29, 0.717) is 0 Å². The molecule has 0 bridgehead atoms. The van der Waals surface area contributed by atoms with Gasteiger partial charge in [0, 0.05) is 0 Å². The van der Waals surface area contributed by atoms with Crippen molar-refractivity contribution in [1.82, 2.24) is 0 Å². The lowest BCUT2D eigenvalue weighted by Crippen LogP contribution is -2.40. The minimum atomic E-state index is -4.11. The van der Waals surface area contributed by atoms with Gasteiger partial charge >= 0.3 is 11.9 Å². The summed E-state index contributed by atoms with van der Waals surface area (Å²) in [4.78, 5) is 24.0. The molecule has 0 aromatic heterocycles. The molecule has 2 unspecified atom stereocenters. The van der Waals surface area contributed by atoms with Crippen LogP contribution in [0, 0.1) is 10.8 Å². The fourth-order valence-electron chi connectivity index (χ4n) is 2.16. The summed E-state index contributed by atoms with van der Waals surface area (Å²) < 4.78 is 68.9. The highest BCUT2D eigenvalue weighted by molar-refractivity contribution is 7.87. The summed E-state index contributed by atoms with van der Waals surface area (Å²) >= 11 is 0. The molecule has 0 fully saturated rings. The second-order valence-corrected chi connectivity index (χ2v) is 11.7. The Morgan fingerprint density at radius 1 is 0.710 bits per heavy atom. The van der Waals surface area contributed by atoms with Crippen LogP contribution >= 0.6 is 0 Å². The van der Waals surface area contributed by atoms with Crippen LogP contribution in [0.5, 0.6) is 0 Å². The smallest absolute Gasteiger partial charge is 0.314 e. The molecule has 184 valence electrons. The van der Waals surface area contributed by atoms with E-state index in [0.717, 1.165) is 0 Å². The third-order valence-corrected chi connectivity index (χ3v) is 7.75. The first-order valence-corrected chi connectivity index (χ1v) is 13.2. The van der Waals surface area contributed by atoms with Crippen LogP contribution in [0.15, 0.2) is 0 Å². The highest BCUT2D eigenvalue weighted by atomic mass is 32.2. The quantitative estimate of drug-likeness (QED) is 0.263. The maximum atomic E-state index is 12.2. The Kier molecular flexibility index (Phi) is 11.1. The van der Waals surface area contributed by atoms with Crippen molar-refractivity contribution < 1.29 is 44.3 Å². The van der Waals surface area contributed by atoms with Gasteiger partial charge in [0.2, 0.25) is 0 Å². The number of carbonyl (C=O) groups is 2. The van der Waals surface area contributed by atoms with E-state index in [4.69, 9.17) is 17.8 Å². The van der Waals surface area contributed by atoms with Crippen molar-refractivity contribution in [2.45, 2.75) is 74.0 Å². The van der Waals surface area contributed by atoms with Gasteiger partial charge in [-0.3, -0.25) is 18.0 Å². The van der Waals surface area contributed by atoms with Crippen LogP contribution in [-0.4, -0.2) is 65.7 Å². The van der Waals surface area contributed by atoms with Crippen molar-refractivity contribution in [1.29, 1.82) is 0 Å². The largest absolute Gasteiger partial charge is 0.466 e. The van der Waals surface area contributed by atoms with E-state index in [-0.39, 0.29) is 19.6 Å². The van der Waals surface area contributed by atoms with Crippen LogP contribution in [0.4, 0.5) is 0 Å². The van der Waals surface area contributed by atoms with Gasteiger partial charge in [0.1, 0.15) is 0 Å². The molecule has 0 N–H and O–H groups in total. The van der Waals surface area contributed by atoms with Gasteiger partial charge in [0.25, 0.3) is 20.2 Å². The Morgan fingerprint density at radius 3 is 1.26 bits per heavy atom. The van der Waals surface area contributed by atoms with Crippen LogP contribution < -0.4 is 0 Å². The molecule has 0 saturated heterocycles. The second-order valence-electron chi connectivity index (χ2n) is 8.24. The molecule has 0 aromatic rings. The molecule has 0 aliphatic carbocycles. The SMILES string of the molecule is CCOC(=O)C(C)(C)C(C)OS(=O)(=O)CCCS(=O)(=O)OC(C)C(C)(C)C(=O)OCC. The maximum Gasteiger partial charge on any atom is 0.314 e. The van der Waals surface area contributed by atoms with Gasteiger partial charge in [-0.15, -0.1) is 0 Å². The molecule has 2 atom stereocenters. The molecule has 12 heteroatoms. The van der Waals surface area contributed by atoms with Gasteiger partial charge < -0.3 is 9.47 Å². The molecular weight excluding hydrogens is 452 g/mol. The van der Waals surface area contributed by atoms with Crippen LogP contribution in [0.25, 0.3) is 0 Å². The molecule has 0 aliphatic rings. The predicted octanol–water partition coefficient (Wildman–Crippen LogP) is 2.02. The zero-order valence-electron chi connectivity index (χ0n) is 19.6. The number of ether oxygens (including phenoxy) is 2. The highest BCUT2D eigenvalue weighted by Gasteiger charge is 2.40. The average molecular weight is 489 g/mol. The van der Waals surface area contributed by atoms with Gasteiger partial charge in [0.05, 0.1) is 47.8 Å². The van der Waals surface area contributed by atoms with Crippen molar-refractivity contribution in [2.75, 3.05) is 24.7 Å². The van der Waals surface area contributed by atoms with E-state index >= 15 is 0 Å². The number of rotatable bonds is 14. The lowest BCUT2D eigenvalue weighted by atomic mass is 9.88. The molecule has 0 radical (unpaired) electrons. The Morgan fingerprint density at radius 2 is 1.00 bits per heavy atom. The number of hydrogen-bond donors (Lipinski definition) is 0. The monoisotopic (exact) mass is 488 g/mol. The van der Waals surface area contributed by atoms with Gasteiger partial charge in [-0.2, -0.15) is 16.8 Å². The fourth-order valence-corrected chi connectivity index (χ4v) is 4.89. The number of hydrogen-bond acceptors (Lipinski definition) is 10. The summed E-state index contributed by atoms with van der Waals surface area (Å²) in [6, 6.07) is 0. The van der Waals surface area contributed by atoms with Gasteiger partial charge in [-0.25, -0.2) is 0 Å². The van der Waals surface area contributed by atoms with Crippen molar-refractivity contribution in [3.63, 3.8) is 0 Å². The van der Waals surface area contributed by atoms with E-state index in [1.165, 1.54) is 41.5 Å². The molecular formula is C19H36O10S2. The Bertz CT molecular complexity index is 745. The van der Waals surface area contributed by atoms with Gasteiger partial charge in [0.15, 0.2) is 0 Å². The first-order chi connectivity index (χ1) is 13.9. The first kappa shape index (κ1) is 29.8. The van der Waals surface area contributed by atoms with Crippen LogP contribution in [-0.2, 0) is 47.7 Å². The molecule has 31 heavy (non-hydrogen) atoms. The van der Waals surface area contributed by atoms with Crippen molar-refractivity contribution >= 4 is 32.2 Å². The van der Waals surface area contributed by atoms with E-state index < -0.39 is 66.7 Å². The number of carbonyl (C=O) groups excluding carboxylic acids is 2. The standard InChI is InChI=1S/C19H36O10S2/c1-9-26-16(20)18(5,6)14(3)28-30(22,23)12-11-13-31(24,25)29-15(4)19(7,8)17(21)27-10-2/h14-15H,9-13H2,1-8H3. The third kappa shape index (κ3) is 9.42. The normalized spacial score (nSPS) is 15.2. The molecule has 0 rings (SSSR count). The molecule has 0 saturated carbocycles. The summed E-state index contributed by atoms with van der Waals surface area (Å²) in [6.45, 7) is 12.4. The van der Waals surface area contributed by atoms with Gasteiger partial charge in [-0.1, -0.05) is 0 Å². The fraction of sp³-hybridized carbons (Fsp3) is 0.895. The summed E-state index contributed by atoms with van der Waals surface area (Å²) in [6.07, 6.45) is -2.33. The lowest BCUT2D eigenvalue weighted by Gasteiger charge is -2.29. The summed E-state index contributed by atoms with van der Waals surface area (Å²) in [7, 11) is -8.23. The molecule has 0 spiro atoms. The van der Waals surface area contributed by atoms with E-state index in [1.807, 2.05) is 0 Å². The van der Waals surface area contributed by atoms with E-state index in [1.54, 1.807) is 13.8 Å². The Labute approximate surface area is 186 Å². The van der Waals surface area contributed by atoms with Crippen molar-refractivity contribution in [2.24, 2.45) is 10.8 Å². The summed E-state index contributed by atoms with van der Waals surface area (Å²) in [5.41, 5.74) is -2.43. The Balaban J connectivity index is 4.90. The topological polar surface area (TPSA) is 139 Å². The van der Waals surface area contributed by atoms with Crippen molar-refractivity contribution in [3.8, 4) is 0 Å². The summed E-state index contributed by atoms with van der Waals surface area (Å²) in [5, 5.41) is 0. The first-order valence-electron chi connectivity index (χ1n) is 10.1. The summed E-state index contributed by atoms with van der Waals surface area (Å²) in [5.74, 6) is -2.39. The minimum Gasteiger partial charge on any atom is -0.466 e. The predicted molar refractivity (Wildman–Crippen MR) is 114 cm³/mol. The molecule has 0 aliphatic heterocycles. The zero-order valence-corrected chi connectivity index (χ0v) is 21.2. The third-order valence-electron chi connectivity index (χ3n) is 5.01. The van der Waals surface area contributed by atoms with Crippen molar-refractivity contribution in [3.05, 3.63) is 0 Å². The second kappa shape index (κ2) is 11.6. The molecule has 0 heterocycles. The van der Waals surface area contributed by atoms with Crippen LogP contribution in [0.1, 0.15) is 61.8 Å². The van der Waals surface area contributed by atoms with E-state index in [2.05, 4.69) is 0 Å². The average Bonchev–Trinajstić information content (AvgIpc) is 2.60. The molecule has 10 nitrogen and oxygen atoms in total. The van der Waals surface area contributed by atoms with E-state index in [9.17, 15) is 26.4 Å². The highest BCUT2D eigenvalue weighted by Crippen LogP contribution is 2.28. The van der Waals surface area contributed by atoms with Gasteiger partial charge in [-0.05, 0) is 61.8 Å².